The molecule has 0 spiro atoms. The van der Waals surface area contributed by atoms with Gasteiger partial charge >= 0.3 is 0 Å². The van der Waals surface area contributed by atoms with Crippen LogP contribution in [-0.2, 0) is 4.79 Å². The molecular weight excluding hydrogens is 220 g/mol. The Morgan fingerprint density at radius 1 is 1.57 bits per heavy atom. The Kier molecular flexibility index (Phi) is 2.33. The van der Waals surface area contributed by atoms with E-state index in [1.807, 2.05) is 6.92 Å². The molecular formula is C9H5ClN2OS. The number of thiazole rings is 1. The smallest absolute Gasteiger partial charge is 0.240 e. The molecule has 0 bridgehead atoms. The van der Waals surface area contributed by atoms with E-state index >= 15 is 0 Å². The van der Waals surface area contributed by atoms with Gasteiger partial charge < -0.3 is 0 Å². The van der Waals surface area contributed by atoms with Crippen LogP contribution >= 0.6 is 22.9 Å². The van der Waals surface area contributed by atoms with Gasteiger partial charge in [0.2, 0.25) is 6.08 Å². The summed E-state index contributed by atoms with van der Waals surface area (Å²) in [5, 5.41) is 1.41. The largest absolute Gasteiger partial charge is 0.241 e. The average molecular weight is 225 g/mol. The van der Waals surface area contributed by atoms with Crippen LogP contribution in [0.5, 0.6) is 0 Å². The summed E-state index contributed by atoms with van der Waals surface area (Å²) < 4.78 is 0.862. The molecule has 2 rings (SSSR count). The van der Waals surface area contributed by atoms with Crippen molar-refractivity contribution in [3.05, 3.63) is 22.2 Å². The fourth-order valence-corrected chi connectivity index (χ4v) is 2.37. The highest BCUT2D eigenvalue weighted by Gasteiger charge is 2.08. The molecule has 1 aromatic heterocycles. The average Bonchev–Trinajstić information content (AvgIpc) is 2.52. The summed E-state index contributed by atoms with van der Waals surface area (Å²) in [6.07, 6.45) is 1.47. The molecule has 2 aromatic rings. The van der Waals surface area contributed by atoms with Gasteiger partial charge in [0, 0.05) is 0 Å². The number of nitrogens with zero attached hydrogens (tertiary/aromatic N) is 2. The number of fused-ring (bicyclic) bond motifs is 1. The molecule has 0 saturated heterocycles. The maximum atomic E-state index is 10.1. The number of isocyanates is 1. The summed E-state index contributed by atoms with van der Waals surface area (Å²) in [4.78, 5) is 17.9. The fraction of sp³-hybridized carbons (Fsp3) is 0.111. The first kappa shape index (κ1) is 9.34. The molecule has 0 amide bonds. The van der Waals surface area contributed by atoms with E-state index in [9.17, 15) is 4.79 Å². The van der Waals surface area contributed by atoms with Crippen molar-refractivity contribution in [2.24, 2.45) is 4.99 Å². The van der Waals surface area contributed by atoms with Gasteiger partial charge in [-0.3, -0.25) is 0 Å². The molecule has 5 heteroatoms. The van der Waals surface area contributed by atoms with Gasteiger partial charge in [-0.15, -0.1) is 11.3 Å². The zero-order valence-electron chi connectivity index (χ0n) is 7.24. The van der Waals surface area contributed by atoms with E-state index in [4.69, 9.17) is 11.6 Å². The molecule has 0 N–H and O–H groups in total. The van der Waals surface area contributed by atoms with Crippen molar-refractivity contribution in [3.63, 3.8) is 0 Å². The highest BCUT2D eigenvalue weighted by atomic mass is 35.5. The lowest BCUT2D eigenvalue weighted by Gasteiger charge is -1.95. The Morgan fingerprint density at radius 3 is 3.07 bits per heavy atom. The minimum Gasteiger partial charge on any atom is -0.241 e. The van der Waals surface area contributed by atoms with E-state index in [0.717, 1.165) is 15.2 Å². The zero-order chi connectivity index (χ0) is 10.1. The summed E-state index contributed by atoms with van der Waals surface area (Å²) >= 11 is 7.52. The third-order valence-electron chi connectivity index (χ3n) is 1.75. The lowest BCUT2D eigenvalue weighted by atomic mass is 10.3. The zero-order valence-corrected chi connectivity index (χ0v) is 8.82. The van der Waals surface area contributed by atoms with Gasteiger partial charge in [-0.1, -0.05) is 11.6 Å². The van der Waals surface area contributed by atoms with Crippen molar-refractivity contribution in [2.75, 3.05) is 0 Å². The van der Waals surface area contributed by atoms with Gasteiger partial charge in [-0.25, -0.2) is 9.78 Å². The molecule has 14 heavy (non-hydrogen) atoms. The number of aryl methyl sites for hydroxylation is 1. The van der Waals surface area contributed by atoms with Crippen molar-refractivity contribution in [2.45, 2.75) is 6.92 Å². The van der Waals surface area contributed by atoms with Gasteiger partial charge in [0.1, 0.15) is 0 Å². The van der Waals surface area contributed by atoms with Crippen molar-refractivity contribution in [1.82, 2.24) is 4.98 Å². The summed E-state index contributed by atoms with van der Waals surface area (Å²) in [5.74, 6) is 0. The van der Waals surface area contributed by atoms with Crippen LogP contribution in [0.4, 0.5) is 5.69 Å². The predicted molar refractivity (Wildman–Crippen MR) is 57.1 cm³/mol. The lowest BCUT2D eigenvalue weighted by Crippen LogP contribution is -1.71. The van der Waals surface area contributed by atoms with Crippen molar-refractivity contribution >= 4 is 44.9 Å². The number of carbonyl (C=O) groups excluding carboxylic acids is 1. The Labute approximate surface area is 89.1 Å². The number of aliphatic imine (C=N–C) groups is 1. The molecule has 0 aliphatic carbocycles. The minimum atomic E-state index is 0.442. The first-order valence-electron chi connectivity index (χ1n) is 3.86. The SMILES string of the molecule is Cc1nc2ccc(N=C=O)c(Cl)c2s1. The van der Waals surface area contributed by atoms with Crippen molar-refractivity contribution in [1.29, 1.82) is 0 Å². The maximum Gasteiger partial charge on any atom is 0.240 e. The van der Waals surface area contributed by atoms with E-state index in [-0.39, 0.29) is 0 Å². The van der Waals surface area contributed by atoms with Crippen LogP contribution in [0.3, 0.4) is 0 Å². The quantitative estimate of drug-likeness (QED) is 0.551. The summed E-state index contributed by atoms with van der Waals surface area (Å²) in [6, 6.07) is 3.45. The second-order valence-corrected chi connectivity index (χ2v) is 4.26. The van der Waals surface area contributed by atoms with Crippen LogP contribution in [-0.4, -0.2) is 11.1 Å². The fourth-order valence-electron chi connectivity index (χ4n) is 1.20. The molecule has 70 valence electrons. The third kappa shape index (κ3) is 1.44. The number of hydrogen-bond acceptors (Lipinski definition) is 4. The van der Waals surface area contributed by atoms with Crippen molar-refractivity contribution < 1.29 is 4.79 Å². The number of rotatable bonds is 1. The maximum absolute atomic E-state index is 10.1. The predicted octanol–water partition coefficient (Wildman–Crippen LogP) is 3.23. The first-order chi connectivity index (χ1) is 6.72. The van der Waals surface area contributed by atoms with Gasteiger partial charge in [0.25, 0.3) is 0 Å². The monoisotopic (exact) mass is 224 g/mol. The molecule has 0 unspecified atom stereocenters. The molecule has 1 heterocycles. The normalized spacial score (nSPS) is 10.1. The highest BCUT2D eigenvalue weighted by molar-refractivity contribution is 7.19. The Morgan fingerprint density at radius 2 is 2.36 bits per heavy atom. The second-order valence-electron chi connectivity index (χ2n) is 2.68. The van der Waals surface area contributed by atoms with Crippen LogP contribution in [0.25, 0.3) is 10.2 Å². The summed E-state index contributed by atoms with van der Waals surface area (Å²) in [7, 11) is 0. The van der Waals surface area contributed by atoms with Gasteiger partial charge in [0.05, 0.1) is 25.9 Å². The van der Waals surface area contributed by atoms with E-state index in [2.05, 4.69) is 9.98 Å². The molecule has 3 nitrogen and oxygen atoms in total. The van der Waals surface area contributed by atoms with Crippen LogP contribution in [0, 0.1) is 6.92 Å². The summed E-state index contributed by atoms with van der Waals surface area (Å²) in [5.41, 5.74) is 1.28. The summed E-state index contributed by atoms with van der Waals surface area (Å²) in [6.45, 7) is 1.91. The minimum absolute atomic E-state index is 0.442. The van der Waals surface area contributed by atoms with Crippen molar-refractivity contribution in [3.8, 4) is 0 Å². The van der Waals surface area contributed by atoms with Crippen LogP contribution in [0.2, 0.25) is 5.02 Å². The Hall–Kier alpha value is -1.22. The molecule has 0 fully saturated rings. The number of aromatic nitrogens is 1. The van der Waals surface area contributed by atoms with Crippen LogP contribution in [0.15, 0.2) is 17.1 Å². The Balaban J connectivity index is 2.79. The molecule has 0 aliphatic rings. The molecule has 0 radical (unpaired) electrons. The standard InChI is InChI=1S/C9H5ClN2OS/c1-5-12-7-3-2-6(11-4-13)8(10)9(7)14-5/h2-3H,1H3. The molecule has 1 aromatic carbocycles. The topological polar surface area (TPSA) is 42.3 Å². The number of halogens is 1. The van der Waals surface area contributed by atoms with E-state index in [1.54, 1.807) is 12.1 Å². The van der Waals surface area contributed by atoms with Gasteiger partial charge in [0.15, 0.2) is 0 Å². The van der Waals surface area contributed by atoms with Gasteiger partial charge in [-0.05, 0) is 19.1 Å². The first-order valence-corrected chi connectivity index (χ1v) is 5.05. The molecule has 0 atom stereocenters. The molecule has 0 saturated carbocycles. The number of hydrogen-bond donors (Lipinski definition) is 0. The van der Waals surface area contributed by atoms with Gasteiger partial charge in [-0.2, -0.15) is 4.99 Å². The number of benzene rings is 1. The van der Waals surface area contributed by atoms with Crippen LogP contribution < -0.4 is 0 Å². The lowest BCUT2D eigenvalue weighted by molar-refractivity contribution is 0.565. The van der Waals surface area contributed by atoms with E-state index in [1.165, 1.54) is 17.4 Å². The molecule has 0 aliphatic heterocycles. The Bertz CT molecular complexity index is 543. The van der Waals surface area contributed by atoms with E-state index in [0.29, 0.717) is 10.7 Å². The highest BCUT2D eigenvalue weighted by Crippen LogP contribution is 2.35. The van der Waals surface area contributed by atoms with Crippen LogP contribution in [0.1, 0.15) is 5.01 Å². The van der Waals surface area contributed by atoms with E-state index < -0.39 is 0 Å². The third-order valence-corrected chi connectivity index (χ3v) is 3.25. The second kappa shape index (κ2) is 3.50.